The van der Waals surface area contributed by atoms with Gasteiger partial charge in [0.05, 0.1) is 6.61 Å². The van der Waals surface area contributed by atoms with Crippen LogP contribution >= 0.6 is 0 Å². The summed E-state index contributed by atoms with van der Waals surface area (Å²) in [4.78, 5) is 37.9. The first-order valence-corrected chi connectivity index (χ1v) is 12.0. The molecule has 1 aromatic rings. The first-order chi connectivity index (χ1) is 15.4. The van der Waals surface area contributed by atoms with Crippen LogP contribution < -0.4 is 16.0 Å². The van der Waals surface area contributed by atoms with Gasteiger partial charge in [-0.15, -0.1) is 0 Å². The number of hydrogen-bond acceptors (Lipinski definition) is 5. The molecule has 3 N–H and O–H groups in total. The number of fused-ring (bicyclic) bond motifs is 1. The van der Waals surface area contributed by atoms with E-state index in [9.17, 15) is 14.4 Å². The van der Waals surface area contributed by atoms with E-state index in [0.29, 0.717) is 12.0 Å². The van der Waals surface area contributed by atoms with Crippen molar-refractivity contribution in [3.8, 4) is 0 Å². The average Bonchev–Trinajstić information content (AvgIpc) is 3.42. The highest BCUT2D eigenvalue weighted by atomic mass is 16.5. The third kappa shape index (κ3) is 5.88. The zero-order valence-corrected chi connectivity index (χ0v) is 19.6. The molecule has 2 amide bonds. The molecule has 0 unspecified atom stereocenters. The molecule has 0 spiro atoms. The van der Waals surface area contributed by atoms with Gasteiger partial charge in [0, 0.05) is 17.8 Å². The second-order valence-electron chi connectivity index (χ2n) is 9.19. The number of rotatable bonds is 6. The normalized spacial score (nSPS) is 22.1. The summed E-state index contributed by atoms with van der Waals surface area (Å²) in [5, 5.41) is 9.09. The van der Waals surface area contributed by atoms with Crippen LogP contribution in [0.3, 0.4) is 0 Å². The number of carbonyl (C=O) groups is 3. The van der Waals surface area contributed by atoms with E-state index in [-0.39, 0.29) is 36.2 Å². The maximum Gasteiger partial charge on any atom is 0.251 e. The number of hydrogen-bond donors (Lipinski definition) is 3. The van der Waals surface area contributed by atoms with Crippen molar-refractivity contribution in [3.63, 3.8) is 0 Å². The van der Waals surface area contributed by atoms with Crippen LogP contribution in [0.25, 0.3) is 0 Å². The van der Waals surface area contributed by atoms with Gasteiger partial charge in [0.1, 0.15) is 18.7 Å². The molecule has 1 saturated heterocycles. The Balaban J connectivity index is 0.00000141. The summed E-state index contributed by atoms with van der Waals surface area (Å²) in [6, 6.07) is 4.35. The number of aryl methyl sites for hydroxylation is 1. The number of Topliss-reactive ketones (excluding diaryl/α,β-unsaturated/α-hetero) is 1. The largest absolute Gasteiger partial charge is 0.385 e. The number of anilines is 1. The quantitative estimate of drug-likeness (QED) is 0.627. The van der Waals surface area contributed by atoms with Crippen LogP contribution in [-0.2, 0) is 20.7 Å². The highest BCUT2D eigenvalue weighted by Gasteiger charge is 2.37. The minimum absolute atomic E-state index is 0.0191. The minimum atomic E-state index is -0.678. The standard InChI is InChI=1S/C23H31N3O4.C2H6/c1-23(8-2-3-9-23)12-18(22(29)26-19-13-30-14-20(19)27)25-21(28)16-6-7-17-15(11-16)5-4-10-24-17;1-2/h6-7,11,18-19,24H,2-5,8-10,12-14H2,1H3,(H,25,28)(H,26,29);1-2H3/t18-,19-;/m0./s1. The van der Waals surface area contributed by atoms with Gasteiger partial charge in [-0.05, 0) is 61.3 Å². The van der Waals surface area contributed by atoms with Crippen molar-refractivity contribution in [2.45, 2.75) is 77.8 Å². The summed E-state index contributed by atoms with van der Waals surface area (Å²) in [7, 11) is 0. The predicted octanol–water partition coefficient (Wildman–Crippen LogP) is 3.22. The molecule has 1 saturated carbocycles. The van der Waals surface area contributed by atoms with Crippen LogP contribution in [0.2, 0.25) is 0 Å². The average molecular weight is 444 g/mol. The Morgan fingerprint density at radius 3 is 2.66 bits per heavy atom. The predicted molar refractivity (Wildman–Crippen MR) is 125 cm³/mol. The summed E-state index contributed by atoms with van der Waals surface area (Å²) in [6.45, 7) is 7.35. The second kappa shape index (κ2) is 10.9. The van der Waals surface area contributed by atoms with E-state index in [0.717, 1.165) is 56.3 Å². The maximum absolute atomic E-state index is 13.0. The number of ether oxygens (including phenoxy) is 1. The number of benzene rings is 1. The van der Waals surface area contributed by atoms with Crippen molar-refractivity contribution in [1.29, 1.82) is 0 Å². The Hall–Kier alpha value is -2.41. The Morgan fingerprint density at radius 1 is 1.22 bits per heavy atom. The van der Waals surface area contributed by atoms with Gasteiger partial charge in [-0.25, -0.2) is 0 Å². The Kier molecular flexibility index (Phi) is 8.29. The zero-order valence-electron chi connectivity index (χ0n) is 19.6. The summed E-state index contributed by atoms with van der Waals surface area (Å²) in [5.74, 6) is -0.679. The minimum Gasteiger partial charge on any atom is -0.385 e. The second-order valence-corrected chi connectivity index (χ2v) is 9.19. The van der Waals surface area contributed by atoms with Gasteiger partial charge in [0.15, 0.2) is 5.78 Å². The molecule has 7 heteroatoms. The van der Waals surface area contributed by atoms with Gasteiger partial charge in [-0.1, -0.05) is 33.6 Å². The molecule has 1 aliphatic carbocycles. The van der Waals surface area contributed by atoms with Crippen molar-refractivity contribution in [2.75, 3.05) is 25.1 Å². The first kappa shape index (κ1) is 24.2. The molecule has 2 atom stereocenters. The van der Waals surface area contributed by atoms with E-state index in [1.165, 1.54) is 0 Å². The van der Waals surface area contributed by atoms with Crippen molar-refractivity contribution in [1.82, 2.24) is 10.6 Å². The third-order valence-corrected chi connectivity index (χ3v) is 6.67. The van der Waals surface area contributed by atoms with Crippen LogP contribution in [0.5, 0.6) is 0 Å². The van der Waals surface area contributed by atoms with Gasteiger partial charge >= 0.3 is 0 Å². The molecular formula is C25H37N3O4. The van der Waals surface area contributed by atoms with E-state index in [1.807, 2.05) is 26.0 Å². The highest BCUT2D eigenvalue weighted by Crippen LogP contribution is 2.41. The molecule has 2 heterocycles. The van der Waals surface area contributed by atoms with Crippen LogP contribution in [0.15, 0.2) is 18.2 Å². The monoisotopic (exact) mass is 443 g/mol. The fraction of sp³-hybridized carbons (Fsp3) is 0.640. The van der Waals surface area contributed by atoms with E-state index >= 15 is 0 Å². The lowest BCUT2D eigenvalue weighted by atomic mass is 9.81. The lowest BCUT2D eigenvalue weighted by Gasteiger charge is -2.30. The molecular weight excluding hydrogens is 406 g/mol. The third-order valence-electron chi connectivity index (χ3n) is 6.67. The van der Waals surface area contributed by atoms with Gasteiger partial charge in [-0.2, -0.15) is 0 Å². The van der Waals surface area contributed by atoms with Crippen molar-refractivity contribution in [3.05, 3.63) is 29.3 Å². The fourth-order valence-electron chi connectivity index (χ4n) is 4.86. The SMILES string of the molecule is CC.CC1(C[C@H](NC(=O)c2ccc3c(c2)CCCN3)C(=O)N[C@H]2COCC2=O)CCCC1. The van der Waals surface area contributed by atoms with E-state index in [4.69, 9.17) is 4.74 Å². The van der Waals surface area contributed by atoms with Gasteiger partial charge in [0.2, 0.25) is 5.91 Å². The maximum atomic E-state index is 13.0. The van der Waals surface area contributed by atoms with Crippen LogP contribution in [-0.4, -0.2) is 49.4 Å². The van der Waals surface area contributed by atoms with Gasteiger partial charge < -0.3 is 20.7 Å². The molecule has 0 aromatic heterocycles. The van der Waals surface area contributed by atoms with Gasteiger partial charge in [-0.3, -0.25) is 14.4 Å². The van der Waals surface area contributed by atoms with E-state index in [2.05, 4.69) is 22.9 Å². The molecule has 7 nitrogen and oxygen atoms in total. The lowest BCUT2D eigenvalue weighted by molar-refractivity contribution is -0.127. The highest BCUT2D eigenvalue weighted by molar-refractivity contribution is 5.99. The summed E-state index contributed by atoms with van der Waals surface area (Å²) in [6.07, 6.45) is 6.93. The summed E-state index contributed by atoms with van der Waals surface area (Å²) >= 11 is 0. The number of nitrogens with one attached hydrogen (secondary N) is 3. The van der Waals surface area contributed by atoms with Crippen molar-refractivity contribution < 1.29 is 19.1 Å². The lowest BCUT2D eigenvalue weighted by Crippen LogP contribution is -2.52. The van der Waals surface area contributed by atoms with E-state index in [1.54, 1.807) is 6.07 Å². The molecule has 32 heavy (non-hydrogen) atoms. The number of ketones is 1. The van der Waals surface area contributed by atoms with E-state index < -0.39 is 12.1 Å². The molecule has 3 aliphatic rings. The van der Waals surface area contributed by atoms with Crippen LogP contribution in [0.4, 0.5) is 5.69 Å². The topological polar surface area (TPSA) is 96.5 Å². The van der Waals surface area contributed by atoms with Gasteiger partial charge in [0.25, 0.3) is 5.91 Å². The van der Waals surface area contributed by atoms with Crippen molar-refractivity contribution >= 4 is 23.3 Å². The fourth-order valence-corrected chi connectivity index (χ4v) is 4.86. The molecule has 0 bridgehead atoms. The smallest absolute Gasteiger partial charge is 0.251 e. The van der Waals surface area contributed by atoms with Crippen LogP contribution in [0, 0.1) is 5.41 Å². The molecule has 0 radical (unpaired) electrons. The molecule has 1 aromatic carbocycles. The molecule has 2 aliphatic heterocycles. The summed E-state index contributed by atoms with van der Waals surface area (Å²) in [5.41, 5.74) is 2.79. The Bertz CT molecular complexity index is 832. The summed E-state index contributed by atoms with van der Waals surface area (Å²) < 4.78 is 5.15. The van der Waals surface area contributed by atoms with Crippen molar-refractivity contribution in [2.24, 2.45) is 5.41 Å². The Labute approximate surface area is 191 Å². The molecule has 4 rings (SSSR count). The number of amides is 2. The van der Waals surface area contributed by atoms with Crippen LogP contribution in [0.1, 0.15) is 75.2 Å². The zero-order chi connectivity index (χ0) is 23.1. The molecule has 176 valence electrons. The number of carbonyl (C=O) groups excluding carboxylic acids is 3. The first-order valence-electron chi connectivity index (χ1n) is 12.0. The Morgan fingerprint density at radius 2 is 1.97 bits per heavy atom. The molecule has 2 fully saturated rings.